The number of furan rings is 1. The summed E-state index contributed by atoms with van der Waals surface area (Å²) in [6, 6.07) is 24.9. The first kappa shape index (κ1) is 19.2. The highest BCUT2D eigenvalue weighted by Gasteiger charge is 2.10. The second-order valence-corrected chi connectivity index (χ2v) is 7.58. The quantitative estimate of drug-likeness (QED) is 0.222. The van der Waals surface area contributed by atoms with E-state index in [9.17, 15) is 4.79 Å². The average Bonchev–Trinajstić information content (AvgIpc) is 3.19. The Morgan fingerprint density at radius 2 is 1.79 bits per heavy atom. The molecular formula is C23H17IN2O3. The van der Waals surface area contributed by atoms with Gasteiger partial charge in [-0.1, -0.05) is 30.3 Å². The monoisotopic (exact) mass is 496 g/mol. The fraction of sp³-hybridized carbons (Fsp3) is 0.0435. The van der Waals surface area contributed by atoms with Crippen molar-refractivity contribution in [1.29, 1.82) is 0 Å². The fourth-order valence-electron chi connectivity index (χ4n) is 2.71. The van der Waals surface area contributed by atoms with E-state index in [2.05, 4.69) is 45.3 Å². The van der Waals surface area contributed by atoms with Crippen molar-refractivity contribution in [1.82, 2.24) is 5.43 Å². The first-order valence-corrected chi connectivity index (χ1v) is 10.0. The molecule has 0 fully saturated rings. The average molecular weight is 496 g/mol. The first-order chi connectivity index (χ1) is 14.2. The summed E-state index contributed by atoms with van der Waals surface area (Å²) >= 11 is 2.28. The molecule has 1 heterocycles. The molecule has 1 N–H and O–H groups in total. The lowest BCUT2D eigenvalue weighted by Crippen LogP contribution is -2.16. The van der Waals surface area contributed by atoms with E-state index in [-0.39, 0.29) is 5.76 Å². The maximum atomic E-state index is 12.2. The zero-order chi connectivity index (χ0) is 20.1. The molecule has 3 aromatic carbocycles. The van der Waals surface area contributed by atoms with Gasteiger partial charge in [0.1, 0.15) is 17.9 Å². The molecule has 0 atom stereocenters. The van der Waals surface area contributed by atoms with Crippen LogP contribution >= 0.6 is 22.6 Å². The van der Waals surface area contributed by atoms with Crippen LogP contribution in [0.25, 0.3) is 11.0 Å². The Balaban J connectivity index is 1.31. The van der Waals surface area contributed by atoms with Crippen molar-refractivity contribution in [3.63, 3.8) is 0 Å². The Morgan fingerprint density at radius 1 is 1.03 bits per heavy atom. The molecule has 0 spiro atoms. The number of nitrogens with one attached hydrogen (secondary N) is 1. The van der Waals surface area contributed by atoms with E-state index in [1.165, 1.54) is 3.57 Å². The van der Waals surface area contributed by atoms with E-state index in [0.29, 0.717) is 12.2 Å². The van der Waals surface area contributed by atoms with Gasteiger partial charge in [-0.25, -0.2) is 5.43 Å². The number of amides is 1. The van der Waals surface area contributed by atoms with Crippen molar-refractivity contribution in [2.24, 2.45) is 5.10 Å². The Morgan fingerprint density at radius 3 is 2.55 bits per heavy atom. The van der Waals surface area contributed by atoms with Gasteiger partial charge >= 0.3 is 5.91 Å². The zero-order valence-electron chi connectivity index (χ0n) is 15.3. The van der Waals surface area contributed by atoms with Crippen molar-refractivity contribution in [2.45, 2.75) is 6.61 Å². The summed E-state index contributed by atoms with van der Waals surface area (Å²) in [5.74, 6) is 0.602. The molecule has 0 aliphatic rings. The highest BCUT2D eigenvalue weighted by Crippen LogP contribution is 2.18. The Labute approximate surface area is 181 Å². The third-order valence-electron chi connectivity index (χ3n) is 4.23. The molecule has 0 radical (unpaired) electrons. The summed E-state index contributed by atoms with van der Waals surface area (Å²) in [7, 11) is 0. The molecule has 5 nitrogen and oxygen atoms in total. The van der Waals surface area contributed by atoms with Gasteiger partial charge < -0.3 is 9.15 Å². The number of para-hydroxylation sites is 1. The summed E-state index contributed by atoms with van der Waals surface area (Å²) in [5.41, 5.74) is 5.11. The van der Waals surface area contributed by atoms with Crippen LogP contribution in [0.15, 0.2) is 88.4 Å². The molecule has 4 rings (SSSR count). The molecule has 4 aromatic rings. The summed E-state index contributed by atoms with van der Waals surface area (Å²) in [6.07, 6.45) is 1.57. The van der Waals surface area contributed by atoms with Crippen molar-refractivity contribution in [3.05, 3.63) is 99.3 Å². The van der Waals surface area contributed by atoms with Crippen molar-refractivity contribution >= 4 is 45.7 Å². The Hall–Kier alpha value is -3.13. The topological polar surface area (TPSA) is 63.8 Å². The van der Waals surface area contributed by atoms with Gasteiger partial charge in [0.05, 0.1) is 6.21 Å². The van der Waals surface area contributed by atoms with Gasteiger partial charge in [0, 0.05) is 8.96 Å². The summed E-state index contributed by atoms with van der Waals surface area (Å²) in [5, 5.41) is 4.87. The van der Waals surface area contributed by atoms with Crippen LogP contribution in [0.5, 0.6) is 5.75 Å². The maximum absolute atomic E-state index is 12.2. The Kier molecular flexibility index (Phi) is 5.90. The number of rotatable bonds is 6. The van der Waals surface area contributed by atoms with Crippen molar-refractivity contribution < 1.29 is 13.9 Å². The Bertz CT molecular complexity index is 1120. The van der Waals surface area contributed by atoms with E-state index >= 15 is 0 Å². The predicted molar refractivity (Wildman–Crippen MR) is 121 cm³/mol. The molecule has 0 saturated heterocycles. The lowest BCUT2D eigenvalue weighted by atomic mass is 10.2. The van der Waals surface area contributed by atoms with Gasteiger partial charge in [-0.15, -0.1) is 0 Å². The molecule has 6 heteroatoms. The van der Waals surface area contributed by atoms with E-state index in [4.69, 9.17) is 9.15 Å². The van der Waals surface area contributed by atoms with Crippen molar-refractivity contribution in [2.75, 3.05) is 0 Å². The van der Waals surface area contributed by atoms with E-state index in [1.54, 1.807) is 12.3 Å². The van der Waals surface area contributed by atoms with Crippen LogP contribution in [0.3, 0.4) is 0 Å². The van der Waals surface area contributed by atoms with Crippen LogP contribution in [0.4, 0.5) is 0 Å². The molecule has 0 aliphatic heterocycles. The van der Waals surface area contributed by atoms with Crippen LogP contribution in [0.1, 0.15) is 21.7 Å². The molecule has 29 heavy (non-hydrogen) atoms. The molecular weight excluding hydrogens is 479 g/mol. The third-order valence-corrected chi connectivity index (χ3v) is 4.95. The van der Waals surface area contributed by atoms with Gasteiger partial charge in [-0.2, -0.15) is 5.10 Å². The number of nitrogens with zero attached hydrogens (tertiary/aromatic N) is 1. The van der Waals surface area contributed by atoms with Gasteiger partial charge in [0.15, 0.2) is 5.76 Å². The van der Waals surface area contributed by atoms with E-state index in [0.717, 1.165) is 22.3 Å². The molecule has 0 saturated carbocycles. The minimum Gasteiger partial charge on any atom is -0.489 e. The van der Waals surface area contributed by atoms with Crippen LogP contribution in [-0.2, 0) is 6.61 Å². The zero-order valence-corrected chi connectivity index (χ0v) is 17.5. The van der Waals surface area contributed by atoms with E-state index < -0.39 is 5.91 Å². The number of carbonyl (C=O) groups is 1. The number of fused-ring (bicyclic) bond motifs is 1. The van der Waals surface area contributed by atoms with Gasteiger partial charge in [0.2, 0.25) is 0 Å². The molecule has 0 bridgehead atoms. The van der Waals surface area contributed by atoms with Gasteiger partial charge in [-0.05, 0) is 82.2 Å². The second kappa shape index (κ2) is 8.91. The summed E-state index contributed by atoms with van der Waals surface area (Å²) < 4.78 is 12.5. The number of halogens is 1. The second-order valence-electron chi connectivity index (χ2n) is 6.33. The number of hydrazone groups is 1. The maximum Gasteiger partial charge on any atom is 0.307 e. The summed E-state index contributed by atoms with van der Waals surface area (Å²) in [4.78, 5) is 12.2. The molecule has 0 unspecified atom stereocenters. The number of hydrogen-bond acceptors (Lipinski definition) is 4. The van der Waals surface area contributed by atoms with E-state index in [1.807, 2.05) is 60.7 Å². The number of ether oxygens (including phenoxy) is 1. The van der Waals surface area contributed by atoms with Crippen molar-refractivity contribution in [3.8, 4) is 5.75 Å². The predicted octanol–water partition coefficient (Wildman–Crippen LogP) is 5.38. The van der Waals surface area contributed by atoms with Crippen LogP contribution in [0.2, 0.25) is 0 Å². The largest absolute Gasteiger partial charge is 0.489 e. The molecule has 1 amide bonds. The number of benzene rings is 3. The summed E-state index contributed by atoms with van der Waals surface area (Å²) in [6.45, 7) is 0.512. The third kappa shape index (κ3) is 5.03. The van der Waals surface area contributed by atoms with Gasteiger partial charge in [-0.3, -0.25) is 4.79 Å². The molecule has 144 valence electrons. The number of carbonyl (C=O) groups excluding carboxylic acids is 1. The van der Waals surface area contributed by atoms with Gasteiger partial charge in [0.25, 0.3) is 0 Å². The highest BCUT2D eigenvalue weighted by atomic mass is 127. The number of hydrogen-bond donors (Lipinski definition) is 1. The lowest BCUT2D eigenvalue weighted by molar-refractivity contribution is 0.0929. The minimum atomic E-state index is -0.394. The normalized spacial score (nSPS) is 11.1. The van der Waals surface area contributed by atoms with Crippen LogP contribution < -0.4 is 10.2 Å². The smallest absolute Gasteiger partial charge is 0.307 e. The van der Waals surface area contributed by atoms with Crippen LogP contribution in [-0.4, -0.2) is 12.1 Å². The fourth-order valence-corrected chi connectivity index (χ4v) is 3.07. The molecule has 0 aliphatic carbocycles. The standard InChI is InChI=1S/C23H17IN2O3/c24-19-9-5-17(6-10-19)15-28-20-11-7-16(8-12-20)14-25-26-23(27)22-13-18-3-1-2-4-21(18)29-22/h1-14H,15H2,(H,26,27)/b25-14+. The van der Waals surface area contributed by atoms with Crippen LogP contribution in [0, 0.1) is 3.57 Å². The molecule has 1 aromatic heterocycles. The minimum absolute atomic E-state index is 0.225. The SMILES string of the molecule is O=C(N/N=C/c1ccc(OCc2ccc(I)cc2)cc1)c1cc2ccccc2o1. The lowest BCUT2D eigenvalue weighted by Gasteiger charge is -2.06. The first-order valence-electron chi connectivity index (χ1n) is 8.97. The highest BCUT2D eigenvalue weighted by molar-refractivity contribution is 14.1.